The number of hydrogen-bond acceptors (Lipinski definition) is 4. The van der Waals surface area contributed by atoms with Gasteiger partial charge in [-0.15, -0.1) is 37.1 Å². The van der Waals surface area contributed by atoms with Crippen molar-refractivity contribution < 1.29 is 27.4 Å². The van der Waals surface area contributed by atoms with Gasteiger partial charge in [0.05, 0.1) is 19.3 Å². The summed E-state index contributed by atoms with van der Waals surface area (Å²) >= 11 is 0. The summed E-state index contributed by atoms with van der Waals surface area (Å²) in [6, 6.07) is 13.2. The van der Waals surface area contributed by atoms with Crippen LogP contribution in [0.15, 0.2) is 53.5 Å². The first-order valence-corrected chi connectivity index (χ1v) is 9.57. The van der Waals surface area contributed by atoms with Crippen molar-refractivity contribution >= 4 is 35.6 Å². The number of nitrogens with two attached hydrogens (primary N) is 1. The van der Waals surface area contributed by atoms with Crippen LogP contribution in [0, 0.1) is 0 Å². The van der Waals surface area contributed by atoms with Crippen LogP contribution in [0.2, 0.25) is 0 Å². The zero-order valence-corrected chi connectivity index (χ0v) is 19.1. The molecule has 2 aromatic rings. The zero-order chi connectivity index (χ0) is 21.4. The molecule has 3 N–H and O–H groups in total. The first kappa shape index (κ1) is 25.2. The van der Waals surface area contributed by atoms with Crippen LogP contribution >= 0.6 is 24.0 Å². The lowest BCUT2D eigenvalue weighted by molar-refractivity contribution is -0.274. The number of halogens is 4. The van der Waals surface area contributed by atoms with E-state index in [0.29, 0.717) is 18.8 Å². The predicted octanol–water partition coefficient (Wildman–Crippen LogP) is 4.83. The molecule has 0 saturated carbocycles. The van der Waals surface area contributed by atoms with Gasteiger partial charge in [0.2, 0.25) is 0 Å². The standard InChI is InChI=1S/C21H24F3N3O3.HI/c22-21(23,24)30-19-6-4-17(5-7-19)27-20(25)26-13-15-2-1-3-16(12-15)14-29-18-8-10-28-11-9-18;/h1-7,12,18H,8-11,13-14H2,(H3,25,26,27);1H. The van der Waals surface area contributed by atoms with Crippen molar-refractivity contribution in [3.63, 3.8) is 0 Å². The predicted molar refractivity (Wildman–Crippen MR) is 123 cm³/mol. The molecular weight excluding hydrogens is 526 g/mol. The lowest BCUT2D eigenvalue weighted by Gasteiger charge is -2.22. The maximum atomic E-state index is 12.2. The normalized spacial score (nSPS) is 15.3. The fourth-order valence-electron chi connectivity index (χ4n) is 2.98. The van der Waals surface area contributed by atoms with Crippen LogP contribution in [0.1, 0.15) is 24.0 Å². The molecule has 6 nitrogen and oxygen atoms in total. The Hall–Kier alpha value is -2.05. The van der Waals surface area contributed by atoms with E-state index < -0.39 is 6.36 Å². The maximum Gasteiger partial charge on any atom is 0.573 e. The monoisotopic (exact) mass is 551 g/mol. The van der Waals surface area contributed by atoms with Crippen molar-refractivity contribution in [1.29, 1.82) is 0 Å². The summed E-state index contributed by atoms with van der Waals surface area (Å²) in [7, 11) is 0. The van der Waals surface area contributed by atoms with Crippen molar-refractivity contribution in [2.24, 2.45) is 10.7 Å². The van der Waals surface area contributed by atoms with E-state index in [0.717, 1.165) is 37.2 Å². The molecule has 31 heavy (non-hydrogen) atoms. The molecule has 0 unspecified atom stereocenters. The molecule has 1 fully saturated rings. The number of guanidine groups is 1. The second-order valence-electron chi connectivity index (χ2n) is 6.84. The summed E-state index contributed by atoms with van der Waals surface area (Å²) in [4.78, 5) is 4.28. The van der Waals surface area contributed by atoms with Crippen LogP contribution < -0.4 is 15.8 Å². The van der Waals surface area contributed by atoms with Gasteiger partial charge in [-0.05, 0) is 48.2 Å². The van der Waals surface area contributed by atoms with Gasteiger partial charge in [-0.2, -0.15) is 0 Å². The number of aliphatic imine (C=N–C) groups is 1. The molecule has 1 saturated heterocycles. The second kappa shape index (κ2) is 12.1. The van der Waals surface area contributed by atoms with E-state index in [1.807, 2.05) is 24.3 Å². The van der Waals surface area contributed by atoms with Crippen LogP contribution in [0.3, 0.4) is 0 Å². The number of ether oxygens (including phenoxy) is 3. The smallest absolute Gasteiger partial charge is 0.406 e. The van der Waals surface area contributed by atoms with Crippen LogP contribution in [0.5, 0.6) is 5.75 Å². The molecule has 170 valence electrons. The first-order chi connectivity index (χ1) is 14.4. The summed E-state index contributed by atoms with van der Waals surface area (Å²) < 4.78 is 51.7. The fraction of sp³-hybridized carbons (Fsp3) is 0.381. The number of anilines is 1. The fourth-order valence-corrected chi connectivity index (χ4v) is 2.98. The Morgan fingerprint density at radius 1 is 1.10 bits per heavy atom. The number of hydrogen-bond donors (Lipinski definition) is 2. The van der Waals surface area contributed by atoms with Crippen LogP contribution in [0.25, 0.3) is 0 Å². The van der Waals surface area contributed by atoms with Gasteiger partial charge >= 0.3 is 6.36 Å². The molecule has 1 aliphatic rings. The van der Waals surface area contributed by atoms with Crippen molar-refractivity contribution in [3.8, 4) is 5.75 Å². The third-order valence-corrected chi connectivity index (χ3v) is 4.44. The first-order valence-electron chi connectivity index (χ1n) is 9.57. The van der Waals surface area contributed by atoms with Crippen molar-refractivity contribution in [2.75, 3.05) is 18.5 Å². The van der Waals surface area contributed by atoms with Gasteiger partial charge in [-0.1, -0.05) is 24.3 Å². The van der Waals surface area contributed by atoms with E-state index in [-0.39, 0.29) is 41.8 Å². The molecule has 3 rings (SSSR count). The van der Waals surface area contributed by atoms with Crippen LogP contribution in [-0.4, -0.2) is 31.6 Å². The quantitative estimate of drug-likeness (QED) is 0.293. The molecule has 2 aromatic carbocycles. The second-order valence-corrected chi connectivity index (χ2v) is 6.84. The molecule has 0 aliphatic carbocycles. The molecule has 0 aromatic heterocycles. The Morgan fingerprint density at radius 2 is 1.77 bits per heavy atom. The van der Waals surface area contributed by atoms with Gasteiger partial charge in [-0.25, -0.2) is 4.99 Å². The molecular formula is C21H25F3IN3O3. The van der Waals surface area contributed by atoms with Crippen LogP contribution in [-0.2, 0) is 22.6 Å². The Bertz CT molecular complexity index is 842. The van der Waals surface area contributed by atoms with E-state index in [1.165, 1.54) is 24.3 Å². The zero-order valence-electron chi connectivity index (χ0n) is 16.7. The van der Waals surface area contributed by atoms with E-state index in [9.17, 15) is 13.2 Å². The van der Waals surface area contributed by atoms with E-state index in [2.05, 4.69) is 15.0 Å². The van der Waals surface area contributed by atoms with Gasteiger partial charge in [0, 0.05) is 18.9 Å². The SMILES string of the molecule is I.NC(=NCc1cccc(COC2CCOCC2)c1)Nc1ccc(OC(F)(F)F)cc1. The minimum Gasteiger partial charge on any atom is -0.406 e. The van der Waals surface area contributed by atoms with E-state index >= 15 is 0 Å². The molecule has 1 aliphatic heterocycles. The van der Waals surface area contributed by atoms with Gasteiger partial charge in [-0.3, -0.25) is 0 Å². The van der Waals surface area contributed by atoms with E-state index in [4.69, 9.17) is 15.2 Å². The summed E-state index contributed by atoms with van der Waals surface area (Å²) in [6.45, 7) is 2.37. The Labute approximate surface area is 196 Å². The highest BCUT2D eigenvalue weighted by atomic mass is 127. The largest absolute Gasteiger partial charge is 0.573 e. The van der Waals surface area contributed by atoms with E-state index in [1.54, 1.807) is 0 Å². The molecule has 0 spiro atoms. The van der Waals surface area contributed by atoms with Crippen molar-refractivity contribution in [3.05, 3.63) is 59.7 Å². The minimum atomic E-state index is -4.72. The van der Waals surface area contributed by atoms with Gasteiger partial charge < -0.3 is 25.3 Å². The van der Waals surface area contributed by atoms with Gasteiger partial charge in [0.1, 0.15) is 5.75 Å². The van der Waals surface area contributed by atoms with Gasteiger partial charge in [0.25, 0.3) is 0 Å². The Morgan fingerprint density at radius 3 is 2.45 bits per heavy atom. The summed E-state index contributed by atoms with van der Waals surface area (Å²) in [6.07, 6.45) is -2.67. The molecule has 0 radical (unpaired) electrons. The minimum absolute atomic E-state index is 0. The number of nitrogens with one attached hydrogen (secondary N) is 1. The number of rotatable bonds is 7. The third kappa shape index (κ3) is 9.32. The Balaban J connectivity index is 0.00000341. The maximum absolute atomic E-state index is 12.2. The molecule has 1 heterocycles. The lowest BCUT2D eigenvalue weighted by atomic mass is 10.1. The van der Waals surface area contributed by atoms with Crippen molar-refractivity contribution in [1.82, 2.24) is 0 Å². The summed E-state index contributed by atoms with van der Waals surface area (Å²) in [5, 5.41) is 2.84. The third-order valence-electron chi connectivity index (χ3n) is 4.44. The number of alkyl halides is 3. The molecule has 0 amide bonds. The molecule has 10 heteroatoms. The average molecular weight is 551 g/mol. The highest BCUT2D eigenvalue weighted by Crippen LogP contribution is 2.24. The summed E-state index contributed by atoms with van der Waals surface area (Å²) in [5.41, 5.74) is 8.41. The summed E-state index contributed by atoms with van der Waals surface area (Å²) in [5.74, 6) is -0.147. The average Bonchev–Trinajstić information content (AvgIpc) is 2.72. The lowest BCUT2D eigenvalue weighted by Crippen LogP contribution is -2.23. The number of nitrogens with zero attached hydrogens (tertiary/aromatic N) is 1. The topological polar surface area (TPSA) is 78.1 Å². The highest BCUT2D eigenvalue weighted by molar-refractivity contribution is 14.0. The molecule has 0 bridgehead atoms. The number of benzene rings is 2. The van der Waals surface area contributed by atoms with Crippen molar-refractivity contribution in [2.45, 2.75) is 38.5 Å². The van der Waals surface area contributed by atoms with Gasteiger partial charge in [0.15, 0.2) is 5.96 Å². The highest BCUT2D eigenvalue weighted by Gasteiger charge is 2.30. The Kier molecular flexibility index (Phi) is 9.85. The molecule has 0 atom stereocenters. The van der Waals surface area contributed by atoms with Crippen LogP contribution in [0.4, 0.5) is 18.9 Å².